The number of rotatable bonds is 5. The van der Waals surface area contributed by atoms with E-state index >= 15 is 0 Å². The summed E-state index contributed by atoms with van der Waals surface area (Å²) in [7, 11) is 0. The van der Waals surface area contributed by atoms with Gasteiger partial charge in [-0.25, -0.2) is 4.98 Å². The lowest BCUT2D eigenvalue weighted by Crippen LogP contribution is -2.03. The van der Waals surface area contributed by atoms with Gasteiger partial charge in [0.15, 0.2) is 5.89 Å². The maximum atomic E-state index is 5.91. The number of aromatic nitrogens is 6. The van der Waals surface area contributed by atoms with Gasteiger partial charge in [-0.05, 0) is 24.3 Å². The molecule has 0 bridgehead atoms. The van der Waals surface area contributed by atoms with Crippen LogP contribution in [-0.2, 0) is 0 Å². The van der Waals surface area contributed by atoms with Gasteiger partial charge >= 0.3 is 12.0 Å². The van der Waals surface area contributed by atoms with Gasteiger partial charge in [-0.15, -0.1) is 14.6 Å². The SMILES string of the molecule is Cc1nc(-c2nc3nc(Oc4ccccc4)nc(Oc4ccccc4)n3n2)co1. The summed E-state index contributed by atoms with van der Waals surface area (Å²) in [5, 5.41) is 4.42. The standard InChI is InChI=1S/C20H14N6O3/c1-13-21-16(12-27-13)17-22-18-23-19(28-14-8-4-2-5-9-14)24-20(26(18)25-17)29-15-10-6-3-7-11-15/h2-12H,1H3. The Labute approximate surface area is 164 Å². The lowest BCUT2D eigenvalue weighted by Gasteiger charge is -2.08. The Kier molecular flexibility index (Phi) is 4.10. The molecule has 3 aromatic heterocycles. The third kappa shape index (κ3) is 3.48. The van der Waals surface area contributed by atoms with Gasteiger partial charge in [-0.3, -0.25) is 0 Å². The molecule has 0 radical (unpaired) electrons. The van der Waals surface area contributed by atoms with Gasteiger partial charge in [0, 0.05) is 6.92 Å². The fourth-order valence-electron chi connectivity index (χ4n) is 2.62. The molecule has 3 heterocycles. The molecule has 0 unspecified atom stereocenters. The van der Waals surface area contributed by atoms with E-state index in [0.717, 1.165) is 0 Å². The summed E-state index contributed by atoms with van der Waals surface area (Å²) in [5.74, 6) is 2.29. The highest BCUT2D eigenvalue weighted by Crippen LogP contribution is 2.25. The largest absolute Gasteiger partial charge is 0.449 e. The number of benzene rings is 2. The molecule has 0 saturated carbocycles. The number of ether oxygens (including phenoxy) is 2. The number of aryl methyl sites for hydroxylation is 1. The van der Waals surface area contributed by atoms with Gasteiger partial charge in [-0.1, -0.05) is 36.4 Å². The molecule has 9 nitrogen and oxygen atoms in total. The summed E-state index contributed by atoms with van der Waals surface area (Å²) < 4.78 is 18.3. The fraction of sp³-hybridized carbons (Fsp3) is 0.0500. The van der Waals surface area contributed by atoms with Crippen LogP contribution in [0.25, 0.3) is 17.3 Å². The molecule has 142 valence electrons. The van der Waals surface area contributed by atoms with E-state index < -0.39 is 0 Å². The average Bonchev–Trinajstić information content (AvgIpc) is 3.36. The van der Waals surface area contributed by atoms with Crippen LogP contribution < -0.4 is 9.47 Å². The number of hydrogen-bond donors (Lipinski definition) is 0. The Hall–Kier alpha value is -4.27. The van der Waals surface area contributed by atoms with Crippen LogP contribution in [-0.4, -0.2) is 29.5 Å². The maximum absolute atomic E-state index is 5.91. The topological polar surface area (TPSA) is 100 Å². The molecule has 5 aromatic rings. The second-order valence-corrected chi connectivity index (χ2v) is 6.02. The summed E-state index contributed by atoms with van der Waals surface area (Å²) in [5.41, 5.74) is 0.490. The van der Waals surface area contributed by atoms with Crippen LogP contribution in [0.3, 0.4) is 0 Å². The molecule has 0 atom stereocenters. The van der Waals surface area contributed by atoms with E-state index in [1.165, 1.54) is 10.8 Å². The summed E-state index contributed by atoms with van der Waals surface area (Å²) in [6, 6.07) is 18.7. The van der Waals surface area contributed by atoms with Crippen molar-refractivity contribution in [3.05, 3.63) is 72.8 Å². The Morgan fingerprint density at radius 1 is 0.793 bits per heavy atom. The van der Waals surface area contributed by atoms with Crippen LogP contribution in [0, 0.1) is 6.92 Å². The predicted molar refractivity (Wildman–Crippen MR) is 102 cm³/mol. The number of para-hydroxylation sites is 2. The lowest BCUT2D eigenvalue weighted by atomic mass is 10.3. The van der Waals surface area contributed by atoms with Gasteiger partial charge in [0.2, 0.25) is 5.82 Å². The second kappa shape index (κ2) is 7.04. The molecule has 0 spiro atoms. The number of hydrogen-bond acceptors (Lipinski definition) is 8. The first-order chi connectivity index (χ1) is 14.2. The van der Waals surface area contributed by atoms with Crippen molar-refractivity contribution in [2.75, 3.05) is 0 Å². The fourth-order valence-corrected chi connectivity index (χ4v) is 2.62. The molecule has 0 aliphatic carbocycles. The zero-order valence-electron chi connectivity index (χ0n) is 15.3. The minimum Gasteiger partial charge on any atom is -0.449 e. The highest BCUT2D eigenvalue weighted by molar-refractivity contribution is 5.51. The van der Waals surface area contributed by atoms with Crippen molar-refractivity contribution in [3.63, 3.8) is 0 Å². The van der Waals surface area contributed by atoms with E-state index in [9.17, 15) is 0 Å². The molecule has 0 N–H and O–H groups in total. The molecule has 0 fully saturated rings. The van der Waals surface area contributed by atoms with Crippen molar-refractivity contribution >= 4 is 5.78 Å². The third-order valence-corrected chi connectivity index (χ3v) is 3.91. The Balaban J connectivity index is 1.60. The molecular weight excluding hydrogens is 372 g/mol. The van der Waals surface area contributed by atoms with Crippen molar-refractivity contribution in [3.8, 4) is 35.0 Å². The molecule has 5 rings (SSSR count). The minimum atomic E-state index is 0.0879. The normalized spacial score (nSPS) is 10.9. The van der Waals surface area contributed by atoms with Crippen molar-refractivity contribution < 1.29 is 13.9 Å². The van der Waals surface area contributed by atoms with E-state index in [-0.39, 0.29) is 17.8 Å². The number of oxazole rings is 1. The Morgan fingerprint density at radius 3 is 2.14 bits per heavy atom. The summed E-state index contributed by atoms with van der Waals surface area (Å²) in [6.07, 6.45) is 1.48. The zero-order valence-corrected chi connectivity index (χ0v) is 15.3. The quantitative estimate of drug-likeness (QED) is 0.446. The van der Waals surface area contributed by atoms with Gasteiger partial charge in [0.1, 0.15) is 23.5 Å². The molecule has 0 aliphatic heterocycles. The third-order valence-electron chi connectivity index (χ3n) is 3.91. The van der Waals surface area contributed by atoms with Crippen LogP contribution in [0.15, 0.2) is 71.3 Å². The Morgan fingerprint density at radius 2 is 1.48 bits per heavy atom. The Bertz CT molecular complexity index is 1270. The van der Waals surface area contributed by atoms with Crippen LogP contribution >= 0.6 is 0 Å². The monoisotopic (exact) mass is 386 g/mol. The first-order valence-electron chi connectivity index (χ1n) is 8.78. The van der Waals surface area contributed by atoms with Gasteiger partial charge in [0.25, 0.3) is 5.78 Å². The maximum Gasteiger partial charge on any atom is 0.331 e. The van der Waals surface area contributed by atoms with Crippen LogP contribution in [0.4, 0.5) is 0 Å². The molecule has 0 amide bonds. The summed E-state index contributed by atoms with van der Waals surface area (Å²) in [4.78, 5) is 17.4. The highest BCUT2D eigenvalue weighted by Gasteiger charge is 2.18. The van der Waals surface area contributed by atoms with Crippen molar-refractivity contribution in [2.45, 2.75) is 6.92 Å². The van der Waals surface area contributed by atoms with Gasteiger partial charge in [0.05, 0.1) is 0 Å². The van der Waals surface area contributed by atoms with Crippen molar-refractivity contribution in [1.29, 1.82) is 0 Å². The predicted octanol–water partition coefficient (Wildman–Crippen LogP) is 4.07. The minimum absolute atomic E-state index is 0.0879. The smallest absolute Gasteiger partial charge is 0.331 e. The van der Waals surface area contributed by atoms with Crippen LogP contribution in [0.2, 0.25) is 0 Å². The van der Waals surface area contributed by atoms with E-state index in [1.807, 2.05) is 48.5 Å². The zero-order chi connectivity index (χ0) is 19.6. The van der Waals surface area contributed by atoms with Gasteiger partial charge < -0.3 is 13.9 Å². The van der Waals surface area contributed by atoms with E-state index in [4.69, 9.17) is 13.9 Å². The average molecular weight is 386 g/mol. The first kappa shape index (κ1) is 16.9. The molecule has 0 aliphatic rings. The van der Waals surface area contributed by atoms with Gasteiger partial charge in [-0.2, -0.15) is 9.97 Å². The molecule has 9 heteroatoms. The molecular formula is C20H14N6O3. The van der Waals surface area contributed by atoms with E-state index in [0.29, 0.717) is 28.9 Å². The van der Waals surface area contributed by atoms with E-state index in [1.54, 1.807) is 19.1 Å². The summed E-state index contributed by atoms with van der Waals surface area (Å²) >= 11 is 0. The van der Waals surface area contributed by atoms with Crippen LogP contribution in [0.5, 0.6) is 23.5 Å². The number of fused-ring (bicyclic) bond motifs is 1. The molecule has 29 heavy (non-hydrogen) atoms. The van der Waals surface area contributed by atoms with Crippen molar-refractivity contribution in [2.24, 2.45) is 0 Å². The highest BCUT2D eigenvalue weighted by atomic mass is 16.5. The summed E-state index contributed by atoms with van der Waals surface area (Å²) in [6.45, 7) is 1.74. The van der Waals surface area contributed by atoms with Crippen LogP contribution in [0.1, 0.15) is 5.89 Å². The lowest BCUT2D eigenvalue weighted by molar-refractivity contribution is 0.389. The number of nitrogens with zero attached hydrogens (tertiary/aromatic N) is 6. The first-order valence-corrected chi connectivity index (χ1v) is 8.78. The van der Waals surface area contributed by atoms with Crippen molar-refractivity contribution in [1.82, 2.24) is 29.5 Å². The molecule has 2 aromatic carbocycles. The van der Waals surface area contributed by atoms with E-state index in [2.05, 4.69) is 25.0 Å². The molecule has 0 saturated heterocycles. The second-order valence-electron chi connectivity index (χ2n) is 6.02.